The molecule has 0 bridgehead atoms. The molecule has 2 aromatic carbocycles. The molecule has 1 N–H and O–H groups in total. The van der Waals surface area contributed by atoms with E-state index >= 15 is 0 Å². The maximum Gasteiger partial charge on any atom is 0.244 e. The van der Waals surface area contributed by atoms with E-state index in [0.717, 1.165) is 26.7 Å². The third-order valence-electron chi connectivity index (χ3n) is 4.19. The first-order chi connectivity index (χ1) is 13.3. The smallest absolute Gasteiger partial charge is 0.244 e. The highest BCUT2D eigenvalue weighted by molar-refractivity contribution is 9.10. The Balaban J connectivity index is 1.85. The Bertz CT molecular complexity index is 1090. The Hall–Kier alpha value is -1.74. The van der Waals surface area contributed by atoms with E-state index < -0.39 is 10.0 Å². The first-order valence-electron chi connectivity index (χ1n) is 8.76. The lowest BCUT2D eigenvalue weighted by molar-refractivity contribution is 0.331. The molecule has 0 aliphatic carbocycles. The van der Waals surface area contributed by atoms with Crippen LogP contribution >= 0.6 is 27.3 Å². The Morgan fingerprint density at radius 1 is 1.18 bits per heavy atom. The summed E-state index contributed by atoms with van der Waals surface area (Å²) in [5, 5.41) is 0.891. The molecule has 28 heavy (non-hydrogen) atoms. The molecule has 1 heterocycles. The van der Waals surface area contributed by atoms with Gasteiger partial charge in [0, 0.05) is 21.5 Å². The molecule has 8 heteroatoms. The van der Waals surface area contributed by atoms with Gasteiger partial charge in [0.25, 0.3) is 0 Å². The monoisotopic (exact) mass is 480 g/mol. The minimum atomic E-state index is -3.74. The number of benzene rings is 2. The molecule has 0 unspecified atom stereocenters. The van der Waals surface area contributed by atoms with Gasteiger partial charge in [-0.3, -0.25) is 0 Å². The van der Waals surface area contributed by atoms with E-state index in [-0.39, 0.29) is 11.4 Å². The van der Waals surface area contributed by atoms with Crippen LogP contribution in [0.1, 0.15) is 23.1 Å². The molecule has 3 rings (SSSR count). The van der Waals surface area contributed by atoms with Gasteiger partial charge in [0.15, 0.2) is 0 Å². The van der Waals surface area contributed by atoms with Gasteiger partial charge in [-0.25, -0.2) is 18.1 Å². The van der Waals surface area contributed by atoms with Gasteiger partial charge in [-0.1, -0.05) is 40.2 Å². The zero-order valence-electron chi connectivity index (χ0n) is 15.8. The topological polar surface area (TPSA) is 68.3 Å². The highest BCUT2D eigenvalue weighted by Crippen LogP contribution is 2.31. The zero-order valence-corrected chi connectivity index (χ0v) is 19.0. The van der Waals surface area contributed by atoms with Crippen LogP contribution < -0.4 is 9.46 Å². The van der Waals surface area contributed by atoms with Crippen LogP contribution in [-0.2, 0) is 16.6 Å². The minimum Gasteiger partial charge on any atom is -0.492 e. The number of thiazole rings is 1. The van der Waals surface area contributed by atoms with Crippen molar-refractivity contribution in [3.63, 3.8) is 0 Å². The molecule has 148 valence electrons. The van der Waals surface area contributed by atoms with Gasteiger partial charge in [-0.2, -0.15) is 0 Å². The van der Waals surface area contributed by atoms with Gasteiger partial charge in [-0.05, 0) is 44.5 Å². The molecule has 0 saturated carbocycles. The third-order valence-corrected chi connectivity index (χ3v) is 7.29. The second-order valence-electron chi connectivity index (χ2n) is 6.19. The number of aromatic nitrogens is 1. The van der Waals surface area contributed by atoms with Crippen molar-refractivity contribution in [1.29, 1.82) is 0 Å². The first kappa shape index (κ1) is 21.0. The highest BCUT2D eigenvalue weighted by Gasteiger charge is 2.21. The zero-order chi connectivity index (χ0) is 20.3. The fourth-order valence-electron chi connectivity index (χ4n) is 2.73. The van der Waals surface area contributed by atoms with E-state index in [0.29, 0.717) is 16.8 Å². The largest absolute Gasteiger partial charge is 0.492 e. The standard InChI is InChI=1S/C20H21BrN2O3S2/c1-4-26-17-10-9-15(21)11-19(17)28(24,25)22-12-18-14(3)23-20(27-18)16-8-6-5-7-13(16)2/h5-11,22H,4,12H2,1-3H3. The fourth-order valence-corrected chi connectivity index (χ4v) is 5.59. The van der Waals surface area contributed by atoms with Crippen molar-refractivity contribution in [2.45, 2.75) is 32.2 Å². The van der Waals surface area contributed by atoms with E-state index in [1.165, 1.54) is 11.3 Å². The average molecular weight is 481 g/mol. The minimum absolute atomic E-state index is 0.116. The van der Waals surface area contributed by atoms with Crippen LogP contribution in [0.15, 0.2) is 51.8 Å². The quantitative estimate of drug-likeness (QED) is 0.512. The number of nitrogens with one attached hydrogen (secondary N) is 1. The van der Waals surface area contributed by atoms with Crippen molar-refractivity contribution in [3.05, 3.63) is 63.1 Å². The van der Waals surface area contributed by atoms with Gasteiger partial charge in [-0.15, -0.1) is 11.3 Å². The lowest BCUT2D eigenvalue weighted by Crippen LogP contribution is -2.23. The van der Waals surface area contributed by atoms with Crippen molar-refractivity contribution in [2.75, 3.05) is 6.61 Å². The number of nitrogens with zero attached hydrogens (tertiary/aromatic N) is 1. The summed E-state index contributed by atoms with van der Waals surface area (Å²) in [5.74, 6) is 0.333. The van der Waals surface area contributed by atoms with E-state index in [9.17, 15) is 8.42 Å². The molecule has 5 nitrogen and oxygen atoms in total. The van der Waals surface area contributed by atoms with Gasteiger partial charge >= 0.3 is 0 Å². The molecular weight excluding hydrogens is 460 g/mol. The first-order valence-corrected chi connectivity index (χ1v) is 11.9. The van der Waals surface area contributed by atoms with Crippen molar-refractivity contribution >= 4 is 37.3 Å². The molecule has 3 aromatic rings. The number of rotatable bonds is 7. The molecule has 0 spiro atoms. The summed E-state index contributed by atoms with van der Waals surface area (Å²) in [4.78, 5) is 5.63. The molecule has 1 aromatic heterocycles. The van der Waals surface area contributed by atoms with Crippen LogP contribution in [0.4, 0.5) is 0 Å². The summed E-state index contributed by atoms with van der Waals surface area (Å²) in [6.45, 7) is 6.32. The molecule has 0 aliphatic rings. The van der Waals surface area contributed by atoms with Crippen LogP contribution in [0, 0.1) is 13.8 Å². The number of hydrogen-bond donors (Lipinski definition) is 1. The van der Waals surface area contributed by atoms with Crippen molar-refractivity contribution in [1.82, 2.24) is 9.71 Å². The number of hydrogen-bond acceptors (Lipinski definition) is 5. The van der Waals surface area contributed by atoms with E-state index in [2.05, 4.69) is 25.6 Å². The molecular formula is C20H21BrN2O3S2. The van der Waals surface area contributed by atoms with Gasteiger partial charge in [0.1, 0.15) is 15.7 Å². The number of ether oxygens (including phenoxy) is 1. The normalized spacial score (nSPS) is 11.6. The number of aryl methyl sites for hydroxylation is 2. The molecule has 0 fully saturated rings. The van der Waals surface area contributed by atoms with Crippen molar-refractivity contribution < 1.29 is 13.2 Å². The Labute approximate surface area is 178 Å². The predicted octanol–water partition coefficient (Wildman–Crippen LogP) is 5.07. The third kappa shape index (κ3) is 4.63. The van der Waals surface area contributed by atoms with E-state index in [1.54, 1.807) is 18.2 Å². The van der Waals surface area contributed by atoms with E-state index in [4.69, 9.17) is 4.74 Å². The van der Waals surface area contributed by atoms with Crippen molar-refractivity contribution in [3.8, 4) is 16.3 Å². The maximum absolute atomic E-state index is 12.9. The molecule has 0 atom stereocenters. The van der Waals surface area contributed by atoms with Crippen LogP contribution in [-0.4, -0.2) is 20.0 Å². The summed E-state index contributed by atoms with van der Waals surface area (Å²) < 4.78 is 34.6. The van der Waals surface area contributed by atoms with Crippen LogP contribution in [0.25, 0.3) is 10.6 Å². The SMILES string of the molecule is CCOc1ccc(Br)cc1S(=O)(=O)NCc1sc(-c2ccccc2C)nc1C. The average Bonchev–Trinajstić information content (AvgIpc) is 3.02. The lowest BCUT2D eigenvalue weighted by atomic mass is 10.1. The molecule has 0 aliphatic heterocycles. The Morgan fingerprint density at radius 2 is 1.93 bits per heavy atom. The summed E-state index contributed by atoms with van der Waals surface area (Å²) in [6.07, 6.45) is 0. The second-order valence-corrected chi connectivity index (χ2v) is 9.93. The summed E-state index contributed by atoms with van der Waals surface area (Å²) >= 11 is 4.83. The van der Waals surface area contributed by atoms with Gasteiger partial charge in [0.2, 0.25) is 10.0 Å². The fraction of sp³-hybridized carbons (Fsp3) is 0.250. The van der Waals surface area contributed by atoms with Crippen LogP contribution in [0.5, 0.6) is 5.75 Å². The highest BCUT2D eigenvalue weighted by atomic mass is 79.9. The van der Waals surface area contributed by atoms with Gasteiger partial charge < -0.3 is 4.74 Å². The van der Waals surface area contributed by atoms with Crippen molar-refractivity contribution in [2.24, 2.45) is 0 Å². The maximum atomic E-state index is 12.9. The predicted molar refractivity (Wildman–Crippen MR) is 116 cm³/mol. The number of halogens is 1. The molecule has 0 radical (unpaired) electrons. The molecule has 0 amide bonds. The van der Waals surface area contributed by atoms with Crippen LogP contribution in [0.2, 0.25) is 0 Å². The van der Waals surface area contributed by atoms with Gasteiger partial charge in [0.05, 0.1) is 12.3 Å². The van der Waals surface area contributed by atoms with E-state index in [1.807, 2.05) is 45.0 Å². The lowest BCUT2D eigenvalue weighted by Gasteiger charge is -2.12. The number of sulfonamides is 1. The Morgan fingerprint density at radius 3 is 2.64 bits per heavy atom. The second kappa shape index (κ2) is 8.73. The Kier molecular flexibility index (Phi) is 6.54. The summed E-state index contributed by atoms with van der Waals surface area (Å²) in [5.41, 5.74) is 3.03. The summed E-state index contributed by atoms with van der Waals surface area (Å²) in [7, 11) is -3.74. The molecule has 0 saturated heterocycles. The summed E-state index contributed by atoms with van der Waals surface area (Å²) in [6, 6.07) is 13.0. The van der Waals surface area contributed by atoms with Crippen LogP contribution in [0.3, 0.4) is 0 Å².